The van der Waals surface area contributed by atoms with E-state index in [-0.39, 0.29) is 35.2 Å². The molecule has 0 amide bonds. The first-order chi connectivity index (χ1) is 16.8. The predicted molar refractivity (Wildman–Crippen MR) is 136 cm³/mol. The maximum atomic E-state index is 12.7. The molecule has 37 heavy (non-hydrogen) atoms. The molecule has 0 saturated heterocycles. The van der Waals surface area contributed by atoms with Crippen LogP contribution in [0.25, 0.3) is 0 Å². The van der Waals surface area contributed by atoms with Crippen molar-refractivity contribution < 1.29 is 43.2 Å². The number of hydrogen-bond acceptors (Lipinski definition) is 9. The molecular weight excluding hydrogens is 482 g/mol. The highest BCUT2D eigenvalue weighted by Crippen LogP contribution is 2.38. The van der Waals surface area contributed by atoms with Crippen LogP contribution in [0.5, 0.6) is 11.5 Å². The number of carbonyl (C=O) groups excluding carboxylic acids is 3. The second kappa shape index (κ2) is 12.9. The fraction of sp³-hybridized carbons (Fsp3) is 0.630. The molecule has 0 saturated carbocycles. The van der Waals surface area contributed by atoms with Crippen molar-refractivity contribution in [3.63, 3.8) is 0 Å². The zero-order chi connectivity index (χ0) is 28.7. The molecule has 3 unspecified atom stereocenters. The van der Waals surface area contributed by atoms with Crippen LogP contribution in [0.4, 0.5) is 4.79 Å². The van der Waals surface area contributed by atoms with E-state index in [0.29, 0.717) is 5.56 Å². The topological polar surface area (TPSA) is 151 Å². The first-order valence-electron chi connectivity index (χ1n) is 12.1. The highest BCUT2D eigenvalue weighted by Gasteiger charge is 2.36. The lowest BCUT2D eigenvalue weighted by Gasteiger charge is -2.31. The van der Waals surface area contributed by atoms with E-state index in [4.69, 9.17) is 19.9 Å². The van der Waals surface area contributed by atoms with E-state index >= 15 is 0 Å². The first kappa shape index (κ1) is 31.9. The predicted octanol–water partition coefficient (Wildman–Crippen LogP) is 4.67. The molecule has 0 heterocycles. The third-order valence-electron chi connectivity index (χ3n) is 5.58. The molecule has 208 valence electrons. The van der Waals surface area contributed by atoms with Crippen LogP contribution in [-0.4, -0.2) is 48.4 Å². The van der Waals surface area contributed by atoms with Crippen molar-refractivity contribution in [3.05, 3.63) is 23.8 Å². The molecule has 0 aliphatic carbocycles. The van der Waals surface area contributed by atoms with E-state index in [2.05, 4.69) is 4.74 Å². The van der Waals surface area contributed by atoms with E-state index < -0.39 is 48.0 Å². The first-order valence-corrected chi connectivity index (χ1v) is 12.1. The summed E-state index contributed by atoms with van der Waals surface area (Å²) in [5.41, 5.74) is 5.76. The van der Waals surface area contributed by atoms with Crippen molar-refractivity contribution in [1.29, 1.82) is 0 Å². The molecule has 0 aliphatic rings. The van der Waals surface area contributed by atoms with Crippen molar-refractivity contribution in [3.8, 4) is 11.5 Å². The normalized spacial score (nSPS) is 15.1. The van der Waals surface area contributed by atoms with E-state index in [1.807, 2.05) is 41.5 Å². The molecule has 1 aromatic carbocycles. The minimum Gasteiger partial charge on any atom is -0.480 e. The number of benzene rings is 1. The Kier molecular flexibility index (Phi) is 11.1. The van der Waals surface area contributed by atoms with Gasteiger partial charge in [-0.15, -0.1) is 0 Å². The third kappa shape index (κ3) is 10.8. The van der Waals surface area contributed by atoms with Crippen LogP contribution in [0.3, 0.4) is 0 Å². The Morgan fingerprint density at radius 2 is 1.38 bits per heavy atom. The van der Waals surface area contributed by atoms with Gasteiger partial charge in [0.05, 0.1) is 20.0 Å². The Labute approximate surface area is 218 Å². The van der Waals surface area contributed by atoms with Gasteiger partial charge in [0.15, 0.2) is 11.5 Å². The molecule has 10 heteroatoms. The van der Waals surface area contributed by atoms with Crippen LogP contribution in [0.1, 0.15) is 79.7 Å². The molecule has 0 aliphatic heterocycles. The number of nitrogens with two attached hydrogens (primary N) is 1. The van der Waals surface area contributed by atoms with Crippen LogP contribution >= 0.6 is 0 Å². The average Bonchev–Trinajstić information content (AvgIpc) is 2.72. The highest BCUT2D eigenvalue weighted by molar-refractivity contribution is 5.78. The van der Waals surface area contributed by atoms with Gasteiger partial charge in [-0.1, -0.05) is 54.5 Å². The van der Waals surface area contributed by atoms with E-state index in [1.54, 1.807) is 19.9 Å². The van der Waals surface area contributed by atoms with Gasteiger partial charge in [-0.3, -0.25) is 14.4 Å². The zero-order valence-corrected chi connectivity index (χ0v) is 23.2. The number of carbonyl (C=O) groups is 4. The van der Waals surface area contributed by atoms with E-state index in [1.165, 1.54) is 12.1 Å². The number of hydrogen-bond donors (Lipinski definition) is 2. The van der Waals surface area contributed by atoms with Gasteiger partial charge < -0.3 is 29.8 Å². The zero-order valence-electron chi connectivity index (χ0n) is 23.2. The maximum Gasteiger partial charge on any atom is 0.508 e. The summed E-state index contributed by atoms with van der Waals surface area (Å²) >= 11 is 0. The Hall–Kier alpha value is -3.14. The monoisotopic (exact) mass is 523 g/mol. The summed E-state index contributed by atoms with van der Waals surface area (Å²) in [6.07, 6.45) is -1.47. The Morgan fingerprint density at radius 3 is 1.81 bits per heavy atom. The highest BCUT2D eigenvalue weighted by atomic mass is 16.7. The maximum absolute atomic E-state index is 12.7. The van der Waals surface area contributed by atoms with Crippen molar-refractivity contribution in [2.75, 3.05) is 7.11 Å². The molecule has 0 spiro atoms. The van der Waals surface area contributed by atoms with Gasteiger partial charge in [-0.2, -0.15) is 0 Å². The van der Waals surface area contributed by atoms with Crippen LogP contribution in [0, 0.1) is 16.7 Å². The summed E-state index contributed by atoms with van der Waals surface area (Å²) < 4.78 is 20.9. The molecule has 0 radical (unpaired) electrons. The van der Waals surface area contributed by atoms with Gasteiger partial charge in [0.25, 0.3) is 0 Å². The van der Waals surface area contributed by atoms with Crippen LogP contribution in [-0.2, 0) is 23.9 Å². The molecule has 1 aromatic rings. The van der Waals surface area contributed by atoms with Gasteiger partial charge in [-0.05, 0) is 35.4 Å². The summed E-state index contributed by atoms with van der Waals surface area (Å²) in [4.78, 5) is 48.7. The van der Waals surface area contributed by atoms with Gasteiger partial charge in [-0.25, -0.2) is 4.79 Å². The number of ether oxygens (including phenoxy) is 4. The molecule has 0 fully saturated rings. The minimum atomic E-state index is -1.38. The summed E-state index contributed by atoms with van der Waals surface area (Å²) in [5, 5.41) is 9.68. The van der Waals surface area contributed by atoms with Gasteiger partial charge in [0, 0.05) is 11.8 Å². The van der Waals surface area contributed by atoms with Crippen LogP contribution in [0.2, 0.25) is 0 Å². The number of rotatable bonds is 10. The van der Waals surface area contributed by atoms with Crippen molar-refractivity contribution in [1.82, 2.24) is 0 Å². The van der Waals surface area contributed by atoms with E-state index in [0.717, 1.165) is 7.11 Å². The summed E-state index contributed by atoms with van der Waals surface area (Å²) in [6, 6.07) is 3.05. The Morgan fingerprint density at radius 1 is 0.892 bits per heavy atom. The van der Waals surface area contributed by atoms with E-state index in [9.17, 15) is 24.3 Å². The molecule has 4 atom stereocenters. The quantitative estimate of drug-likeness (QED) is 0.327. The minimum absolute atomic E-state index is 0.0226. The summed E-state index contributed by atoms with van der Waals surface area (Å²) in [7, 11) is 1.16. The lowest BCUT2D eigenvalue weighted by Crippen LogP contribution is -2.42. The number of esters is 2. The summed E-state index contributed by atoms with van der Waals surface area (Å²) in [6.45, 7) is 14.6. The fourth-order valence-corrected chi connectivity index (χ4v) is 3.67. The molecule has 1 rings (SSSR count). The third-order valence-corrected chi connectivity index (χ3v) is 5.58. The lowest BCUT2D eigenvalue weighted by molar-refractivity contribution is -0.140. The smallest absolute Gasteiger partial charge is 0.480 e. The van der Waals surface area contributed by atoms with Crippen LogP contribution in [0.15, 0.2) is 18.2 Å². The van der Waals surface area contributed by atoms with Crippen molar-refractivity contribution in [2.45, 2.75) is 86.3 Å². The SMILES string of the molecule is COC(=O)OC(C)C(C)C(c1ccc(OC(=O)CC(C)(C)C)c(OC(=O)CC(C)(C)C)c1)[C@H](N)C(=O)O. The fourth-order valence-electron chi connectivity index (χ4n) is 3.67. The van der Waals surface area contributed by atoms with Crippen LogP contribution < -0.4 is 15.2 Å². The number of methoxy groups -OCH3 is 1. The van der Waals surface area contributed by atoms with Gasteiger partial charge in [0.2, 0.25) is 0 Å². The van der Waals surface area contributed by atoms with Gasteiger partial charge >= 0.3 is 24.1 Å². The Balaban J connectivity index is 3.51. The van der Waals surface area contributed by atoms with Gasteiger partial charge in [0.1, 0.15) is 12.1 Å². The van der Waals surface area contributed by atoms with Crippen molar-refractivity contribution >= 4 is 24.1 Å². The molecule has 10 nitrogen and oxygen atoms in total. The standard InChI is InChI=1S/C27H41NO9/c1-15(16(2)35-25(33)34-9)22(23(28)24(31)32)17-10-11-18(36-20(29)13-26(3,4)5)19(12-17)37-21(30)14-27(6,7)8/h10-12,15-16,22-23H,13-14,28H2,1-9H3,(H,31,32)/t15?,16?,22?,23-/m0/s1. The number of carboxylic acid groups (broad SMARTS) is 1. The molecular formula is C27H41NO9. The lowest BCUT2D eigenvalue weighted by atomic mass is 9.79. The number of carboxylic acids is 1. The number of aliphatic carboxylic acids is 1. The second-order valence-electron chi connectivity index (χ2n) is 11.7. The Bertz CT molecular complexity index is 975. The molecule has 0 bridgehead atoms. The average molecular weight is 524 g/mol. The summed E-state index contributed by atoms with van der Waals surface area (Å²) in [5.74, 6) is -3.80. The second-order valence-corrected chi connectivity index (χ2v) is 11.7. The molecule has 3 N–H and O–H groups in total. The largest absolute Gasteiger partial charge is 0.508 e. The van der Waals surface area contributed by atoms with Crippen molar-refractivity contribution in [2.24, 2.45) is 22.5 Å². The molecule has 0 aromatic heterocycles.